The second-order valence-corrected chi connectivity index (χ2v) is 7.54. The van der Waals surface area contributed by atoms with E-state index in [1.54, 1.807) is 19.1 Å². The summed E-state index contributed by atoms with van der Waals surface area (Å²) in [6.07, 6.45) is 3.39. The fraction of sp³-hybridized carbons (Fsp3) is 0.533. The Morgan fingerprint density at radius 1 is 1.48 bits per heavy atom. The Kier molecular flexibility index (Phi) is 4.68. The minimum absolute atomic E-state index is 0.0269. The number of aryl methyl sites for hydroxylation is 1. The van der Waals surface area contributed by atoms with E-state index in [0.29, 0.717) is 24.2 Å². The molecule has 1 saturated heterocycles. The molecule has 0 aromatic heterocycles. The average molecular weight is 312 g/mol. The van der Waals surface area contributed by atoms with E-state index in [0.717, 1.165) is 19.1 Å². The van der Waals surface area contributed by atoms with E-state index >= 15 is 0 Å². The molecule has 1 fully saturated rings. The van der Waals surface area contributed by atoms with Crippen LogP contribution < -0.4 is 0 Å². The number of aliphatic carboxylic acids is 1. The summed E-state index contributed by atoms with van der Waals surface area (Å²) >= 11 is 0. The molecule has 2 atom stereocenters. The number of ether oxygens (including phenoxy) is 1. The molecule has 1 aromatic carbocycles. The Bertz CT molecular complexity index is 629. The van der Waals surface area contributed by atoms with E-state index in [4.69, 9.17) is 4.74 Å². The maximum absolute atomic E-state index is 11.6. The Hall–Kier alpha value is -1.40. The van der Waals surface area contributed by atoms with E-state index < -0.39 is 21.7 Å². The highest BCUT2D eigenvalue weighted by Gasteiger charge is 2.27. The van der Waals surface area contributed by atoms with Gasteiger partial charge in [-0.2, -0.15) is 0 Å². The predicted octanol–water partition coefficient (Wildman–Crippen LogP) is 2.14. The molecule has 1 aliphatic heterocycles. The zero-order valence-electron chi connectivity index (χ0n) is 12.2. The monoisotopic (exact) mass is 312 g/mol. The molecule has 0 radical (unpaired) electrons. The van der Waals surface area contributed by atoms with Gasteiger partial charge in [0.05, 0.1) is 16.9 Å². The Balaban J connectivity index is 2.28. The molecule has 2 rings (SSSR count). The van der Waals surface area contributed by atoms with Gasteiger partial charge < -0.3 is 9.84 Å². The van der Waals surface area contributed by atoms with Crippen LogP contribution in [0.3, 0.4) is 0 Å². The van der Waals surface area contributed by atoms with E-state index in [2.05, 4.69) is 0 Å². The van der Waals surface area contributed by atoms with E-state index in [-0.39, 0.29) is 11.0 Å². The SMILES string of the molecule is Cc1cc(C(CC2CCCO2)C(=O)O)ccc1S(C)(=O)=O. The molecular weight excluding hydrogens is 292 g/mol. The Morgan fingerprint density at radius 2 is 2.19 bits per heavy atom. The van der Waals surface area contributed by atoms with Crippen molar-refractivity contribution in [1.29, 1.82) is 0 Å². The molecule has 0 spiro atoms. The molecule has 0 saturated carbocycles. The number of carboxylic acids is 1. The van der Waals surface area contributed by atoms with Crippen molar-refractivity contribution in [2.75, 3.05) is 12.9 Å². The van der Waals surface area contributed by atoms with Crippen molar-refractivity contribution in [1.82, 2.24) is 0 Å². The van der Waals surface area contributed by atoms with Crippen LogP contribution in [0, 0.1) is 6.92 Å². The van der Waals surface area contributed by atoms with Crippen molar-refractivity contribution in [3.63, 3.8) is 0 Å². The van der Waals surface area contributed by atoms with Crippen molar-refractivity contribution >= 4 is 15.8 Å². The molecule has 1 aromatic rings. The first-order valence-electron chi connectivity index (χ1n) is 6.94. The molecule has 21 heavy (non-hydrogen) atoms. The van der Waals surface area contributed by atoms with Gasteiger partial charge in [-0.05, 0) is 43.4 Å². The second-order valence-electron chi connectivity index (χ2n) is 5.56. The first kappa shape index (κ1) is 16.0. The van der Waals surface area contributed by atoms with Gasteiger partial charge in [-0.15, -0.1) is 0 Å². The molecule has 0 amide bonds. The van der Waals surface area contributed by atoms with Crippen LogP contribution in [0.15, 0.2) is 23.1 Å². The van der Waals surface area contributed by atoms with E-state index in [1.807, 2.05) is 0 Å². The molecule has 0 aliphatic carbocycles. The van der Waals surface area contributed by atoms with Crippen LogP contribution in [0.5, 0.6) is 0 Å². The molecule has 1 aliphatic rings. The number of carbonyl (C=O) groups is 1. The number of hydrogen-bond donors (Lipinski definition) is 1. The summed E-state index contributed by atoms with van der Waals surface area (Å²) < 4.78 is 28.7. The van der Waals surface area contributed by atoms with Crippen LogP contribution >= 0.6 is 0 Å². The van der Waals surface area contributed by atoms with Crippen LogP contribution in [0.2, 0.25) is 0 Å². The summed E-state index contributed by atoms with van der Waals surface area (Å²) in [5.41, 5.74) is 1.21. The van der Waals surface area contributed by atoms with Crippen molar-refractivity contribution in [3.05, 3.63) is 29.3 Å². The lowest BCUT2D eigenvalue weighted by molar-refractivity contribution is -0.139. The topological polar surface area (TPSA) is 80.7 Å². The maximum atomic E-state index is 11.6. The molecule has 2 unspecified atom stereocenters. The van der Waals surface area contributed by atoms with Gasteiger partial charge in [0.25, 0.3) is 0 Å². The highest BCUT2D eigenvalue weighted by molar-refractivity contribution is 7.90. The summed E-state index contributed by atoms with van der Waals surface area (Å²) in [4.78, 5) is 11.8. The lowest BCUT2D eigenvalue weighted by Crippen LogP contribution is -2.19. The number of hydrogen-bond acceptors (Lipinski definition) is 4. The van der Waals surface area contributed by atoms with Crippen molar-refractivity contribution in [3.8, 4) is 0 Å². The number of sulfone groups is 1. The van der Waals surface area contributed by atoms with Crippen LogP contribution in [-0.4, -0.2) is 38.5 Å². The third-order valence-electron chi connectivity index (χ3n) is 3.82. The average Bonchev–Trinajstić information content (AvgIpc) is 2.86. The zero-order valence-corrected chi connectivity index (χ0v) is 13.0. The van der Waals surface area contributed by atoms with Crippen molar-refractivity contribution < 1.29 is 23.1 Å². The van der Waals surface area contributed by atoms with Crippen LogP contribution in [0.4, 0.5) is 0 Å². The fourth-order valence-corrected chi connectivity index (χ4v) is 3.74. The van der Waals surface area contributed by atoms with Gasteiger partial charge in [-0.3, -0.25) is 4.79 Å². The van der Waals surface area contributed by atoms with Gasteiger partial charge in [0.15, 0.2) is 9.84 Å². The third kappa shape index (κ3) is 3.83. The zero-order chi connectivity index (χ0) is 15.6. The summed E-state index contributed by atoms with van der Waals surface area (Å²) in [5, 5.41) is 9.43. The number of benzene rings is 1. The summed E-state index contributed by atoms with van der Waals surface area (Å²) in [6, 6.07) is 4.74. The first-order valence-corrected chi connectivity index (χ1v) is 8.83. The largest absolute Gasteiger partial charge is 0.481 e. The maximum Gasteiger partial charge on any atom is 0.311 e. The van der Waals surface area contributed by atoms with Gasteiger partial charge in [-0.25, -0.2) is 8.42 Å². The normalized spacial score (nSPS) is 20.4. The van der Waals surface area contributed by atoms with E-state index in [1.165, 1.54) is 6.07 Å². The van der Waals surface area contributed by atoms with Crippen molar-refractivity contribution in [2.45, 2.75) is 43.1 Å². The fourth-order valence-electron chi connectivity index (χ4n) is 2.78. The molecule has 5 nitrogen and oxygen atoms in total. The van der Waals surface area contributed by atoms with Gasteiger partial charge in [0.2, 0.25) is 0 Å². The molecular formula is C15H20O5S. The Labute approximate surface area is 124 Å². The number of carboxylic acid groups (broad SMARTS) is 1. The van der Waals surface area contributed by atoms with Crippen LogP contribution in [-0.2, 0) is 19.4 Å². The lowest BCUT2D eigenvalue weighted by Gasteiger charge is -2.18. The quantitative estimate of drug-likeness (QED) is 0.901. The van der Waals surface area contributed by atoms with Gasteiger partial charge >= 0.3 is 5.97 Å². The predicted molar refractivity (Wildman–Crippen MR) is 78.3 cm³/mol. The minimum Gasteiger partial charge on any atom is -0.481 e. The molecule has 6 heteroatoms. The van der Waals surface area contributed by atoms with E-state index in [9.17, 15) is 18.3 Å². The van der Waals surface area contributed by atoms with Crippen LogP contribution in [0.1, 0.15) is 36.3 Å². The summed E-state index contributed by atoms with van der Waals surface area (Å²) in [5.74, 6) is -1.57. The molecule has 0 bridgehead atoms. The summed E-state index contributed by atoms with van der Waals surface area (Å²) in [6.45, 7) is 2.37. The van der Waals surface area contributed by atoms with Gasteiger partial charge in [0, 0.05) is 12.9 Å². The second kappa shape index (κ2) is 6.15. The third-order valence-corrected chi connectivity index (χ3v) is 5.08. The molecule has 1 heterocycles. The smallest absolute Gasteiger partial charge is 0.311 e. The lowest BCUT2D eigenvalue weighted by atomic mass is 9.91. The van der Waals surface area contributed by atoms with Crippen LogP contribution in [0.25, 0.3) is 0 Å². The Morgan fingerprint density at radius 3 is 2.67 bits per heavy atom. The standard InChI is InChI=1S/C15H20O5S/c1-10-8-11(5-6-14(10)21(2,18)19)13(15(16)17)9-12-4-3-7-20-12/h5-6,8,12-13H,3-4,7,9H2,1-2H3,(H,16,17). The van der Waals surface area contributed by atoms with Gasteiger partial charge in [0.1, 0.15) is 0 Å². The summed E-state index contributed by atoms with van der Waals surface area (Å²) in [7, 11) is -3.29. The molecule has 116 valence electrons. The molecule has 1 N–H and O–H groups in total. The number of rotatable bonds is 5. The van der Waals surface area contributed by atoms with Crippen molar-refractivity contribution in [2.24, 2.45) is 0 Å². The highest BCUT2D eigenvalue weighted by Crippen LogP contribution is 2.29. The first-order chi connectivity index (χ1) is 9.79. The highest BCUT2D eigenvalue weighted by atomic mass is 32.2. The van der Waals surface area contributed by atoms with Gasteiger partial charge in [-0.1, -0.05) is 12.1 Å². The minimum atomic E-state index is -3.29.